The SMILES string of the molecule is CCSC1(C)CCOCC1. The molecule has 0 aliphatic carbocycles. The number of hydrogen-bond donors (Lipinski definition) is 0. The molecule has 0 unspecified atom stereocenters. The fourth-order valence-corrected chi connectivity index (χ4v) is 2.45. The van der Waals surface area contributed by atoms with E-state index in [0.717, 1.165) is 13.2 Å². The van der Waals surface area contributed by atoms with Crippen molar-refractivity contribution >= 4 is 11.8 Å². The van der Waals surface area contributed by atoms with Crippen LogP contribution in [0.5, 0.6) is 0 Å². The highest BCUT2D eigenvalue weighted by Crippen LogP contribution is 2.34. The Morgan fingerprint density at radius 1 is 1.40 bits per heavy atom. The zero-order valence-corrected chi connectivity index (χ0v) is 7.67. The lowest BCUT2D eigenvalue weighted by atomic mass is 10.0. The van der Waals surface area contributed by atoms with E-state index in [1.165, 1.54) is 18.6 Å². The van der Waals surface area contributed by atoms with E-state index in [1.54, 1.807) is 0 Å². The average molecular weight is 160 g/mol. The minimum atomic E-state index is 0.521. The highest BCUT2D eigenvalue weighted by atomic mass is 32.2. The second-order valence-corrected chi connectivity index (χ2v) is 4.85. The monoisotopic (exact) mass is 160 g/mol. The van der Waals surface area contributed by atoms with Crippen LogP contribution in [0.3, 0.4) is 0 Å². The smallest absolute Gasteiger partial charge is 0.0479 e. The van der Waals surface area contributed by atoms with Gasteiger partial charge in [0.1, 0.15) is 0 Å². The van der Waals surface area contributed by atoms with Gasteiger partial charge in [0.2, 0.25) is 0 Å². The molecule has 0 spiro atoms. The van der Waals surface area contributed by atoms with Gasteiger partial charge in [-0.05, 0) is 18.6 Å². The van der Waals surface area contributed by atoms with E-state index < -0.39 is 0 Å². The average Bonchev–Trinajstić information content (AvgIpc) is 1.89. The van der Waals surface area contributed by atoms with Crippen LogP contribution in [0.15, 0.2) is 0 Å². The second kappa shape index (κ2) is 3.63. The van der Waals surface area contributed by atoms with Crippen LogP contribution in [-0.2, 0) is 4.74 Å². The van der Waals surface area contributed by atoms with Gasteiger partial charge in [0, 0.05) is 18.0 Å². The summed E-state index contributed by atoms with van der Waals surface area (Å²) in [4.78, 5) is 0. The molecule has 1 fully saturated rings. The van der Waals surface area contributed by atoms with Gasteiger partial charge in [-0.1, -0.05) is 13.8 Å². The third kappa shape index (κ3) is 2.17. The Morgan fingerprint density at radius 2 is 2.00 bits per heavy atom. The van der Waals surface area contributed by atoms with E-state index in [2.05, 4.69) is 25.6 Å². The highest BCUT2D eigenvalue weighted by molar-refractivity contribution is 8.00. The minimum absolute atomic E-state index is 0.521. The van der Waals surface area contributed by atoms with Gasteiger partial charge in [-0.15, -0.1) is 0 Å². The van der Waals surface area contributed by atoms with Crippen molar-refractivity contribution in [3.8, 4) is 0 Å². The van der Waals surface area contributed by atoms with E-state index in [9.17, 15) is 0 Å². The van der Waals surface area contributed by atoms with Crippen molar-refractivity contribution < 1.29 is 4.74 Å². The molecule has 1 aliphatic rings. The summed E-state index contributed by atoms with van der Waals surface area (Å²) in [5.74, 6) is 1.23. The molecule has 0 amide bonds. The largest absolute Gasteiger partial charge is 0.381 e. The second-order valence-electron chi connectivity index (χ2n) is 3.00. The summed E-state index contributed by atoms with van der Waals surface area (Å²) in [6, 6.07) is 0. The minimum Gasteiger partial charge on any atom is -0.381 e. The van der Waals surface area contributed by atoms with Gasteiger partial charge in [-0.25, -0.2) is 0 Å². The van der Waals surface area contributed by atoms with Crippen LogP contribution in [0.25, 0.3) is 0 Å². The van der Waals surface area contributed by atoms with Crippen molar-refractivity contribution in [1.82, 2.24) is 0 Å². The molecule has 0 bridgehead atoms. The fraction of sp³-hybridized carbons (Fsp3) is 1.00. The summed E-state index contributed by atoms with van der Waals surface area (Å²) >= 11 is 2.07. The summed E-state index contributed by atoms with van der Waals surface area (Å²) in [5.41, 5.74) is 0. The summed E-state index contributed by atoms with van der Waals surface area (Å²) in [6.45, 7) is 6.50. The molecule has 1 aliphatic heterocycles. The maximum absolute atomic E-state index is 5.30. The predicted molar refractivity (Wildman–Crippen MR) is 46.6 cm³/mol. The molecule has 0 radical (unpaired) electrons. The molecule has 0 N–H and O–H groups in total. The Balaban J connectivity index is 2.32. The first-order valence-corrected chi connectivity index (χ1v) is 4.97. The molecular weight excluding hydrogens is 144 g/mol. The number of rotatable bonds is 2. The van der Waals surface area contributed by atoms with Crippen LogP contribution in [0.2, 0.25) is 0 Å². The summed E-state index contributed by atoms with van der Waals surface area (Å²) in [7, 11) is 0. The first-order valence-electron chi connectivity index (χ1n) is 3.98. The molecule has 1 rings (SSSR count). The maximum Gasteiger partial charge on any atom is 0.0479 e. The fourth-order valence-electron chi connectivity index (χ4n) is 1.30. The zero-order valence-electron chi connectivity index (χ0n) is 6.85. The third-order valence-electron chi connectivity index (χ3n) is 2.04. The van der Waals surface area contributed by atoms with Gasteiger partial charge in [0.15, 0.2) is 0 Å². The Labute approximate surface area is 67.5 Å². The lowest BCUT2D eigenvalue weighted by Gasteiger charge is -2.32. The van der Waals surface area contributed by atoms with Crippen LogP contribution in [0.1, 0.15) is 26.7 Å². The standard InChI is InChI=1S/C8H16OS/c1-3-10-8(2)4-6-9-7-5-8/h3-7H2,1-2H3. The molecule has 0 aromatic carbocycles. The van der Waals surface area contributed by atoms with Gasteiger partial charge < -0.3 is 4.74 Å². The Hall–Kier alpha value is 0.310. The lowest BCUT2D eigenvalue weighted by molar-refractivity contribution is 0.0815. The number of thioether (sulfide) groups is 1. The molecular formula is C8H16OS. The highest BCUT2D eigenvalue weighted by Gasteiger charge is 2.26. The zero-order chi connectivity index (χ0) is 7.45. The van der Waals surface area contributed by atoms with E-state index in [0.29, 0.717) is 4.75 Å². The van der Waals surface area contributed by atoms with Crippen molar-refractivity contribution in [2.45, 2.75) is 31.4 Å². The lowest BCUT2D eigenvalue weighted by Crippen LogP contribution is -2.29. The number of hydrogen-bond acceptors (Lipinski definition) is 2. The van der Waals surface area contributed by atoms with Crippen LogP contribution in [0.4, 0.5) is 0 Å². The summed E-state index contributed by atoms with van der Waals surface area (Å²) < 4.78 is 5.82. The molecule has 1 saturated heterocycles. The van der Waals surface area contributed by atoms with Crippen molar-refractivity contribution in [3.05, 3.63) is 0 Å². The predicted octanol–water partition coefficient (Wildman–Crippen LogP) is 2.31. The van der Waals surface area contributed by atoms with Gasteiger partial charge in [-0.2, -0.15) is 11.8 Å². The first kappa shape index (κ1) is 8.41. The Bertz CT molecular complexity index is 91.9. The van der Waals surface area contributed by atoms with Gasteiger partial charge in [-0.3, -0.25) is 0 Å². The molecule has 0 atom stereocenters. The van der Waals surface area contributed by atoms with Gasteiger partial charge in [0.05, 0.1) is 0 Å². The van der Waals surface area contributed by atoms with E-state index in [1.807, 2.05) is 0 Å². The molecule has 2 heteroatoms. The van der Waals surface area contributed by atoms with Crippen LogP contribution >= 0.6 is 11.8 Å². The Kier molecular flexibility index (Phi) is 3.05. The van der Waals surface area contributed by atoms with Gasteiger partial charge in [0.25, 0.3) is 0 Å². The van der Waals surface area contributed by atoms with Crippen molar-refractivity contribution in [2.75, 3.05) is 19.0 Å². The molecule has 10 heavy (non-hydrogen) atoms. The number of ether oxygens (including phenoxy) is 1. The van der Waals surface area contributed by atoms with Crippen molar-refractivity contribution in [1.29, 1.82) is 0 Å². The quantitative estimate of drug-likeness (QED) is 0.613. The first-order chi connectivity index (χ1) is 4.77. The molecule has 0 saturated carbocycles. The van der Waals surface area contributed by atoms with E-state index in [4.69, 9.17) is 4.74 Å². The van der Waals surface area contributed by atoms with Crippen molar-refractivity contribution in [3.63, 3.8) is 0 Å². The molecule has 60 valence electrons. The van der Waals surface area contributed by atoms with Crippen LogP contribution < -0.4 is 0 Å². The molecule has 0 aromatic rings. The van der Waals surface area contributed by atoms with Crippen molar-refractivity contribution in [2.24, 2.45) is 0 Å². The Morgan fingerprint density at radius 3 is 2.50 bits per heavy atom. The summed E-state index contributed by atoms with van der Waals surface area (Å²) in [6.07, 6.45) is 2.46. The topological polar surface area (TPSA) is 9.23 Å². The van der Waals surface area contributed by atoms with Gasteiger partial charge >= 0.3 is 0 Å². The van der Waals surface area contributed by atoms with E-state index >= 15 is 0 Å². The molecule has 1 nitrogen and oxygen atoms in total. The molecule has 0 aromatic heterocycles. The van der Waals surface area contributed by atoms with Crippen LogP contribution in [-0.4, -0.2) is 23.7 Å². The molecule has 1 heterocycles. The maximum atomic E-state index is 5.30. The van der Waals surface area contributed by atoms with E-state index in [-0.39, 0.29) is 0 Å². The summed E-state index contributed by atoms with van der Waals surface area (Å²) in [5, 5.41) is 0. The third-order valence-corrected chi connectivity index (χ3v) is 3.44. The van der Waals surface area contributed by atoms with Crippen LogP contribution in [0, 0.1) is 0 Å². The normalized spacial score (nSPS) is 24.6.